The number of hydrogen-bond donors (Lipinski definition) is 1. The van der Waals surface area contributed by atoms with Gasteiger partial charge in [0.15, 0.2) is 5.82 Å². The molecule has 2 unspecified atom stereocenters. The molecule has 0 bridgehead atoms. The van der Waals surface area contributed by atoms with Crippen molar-refractivity contribution in [1.82, 2.24) is 20.6 Å². The Hall–Kier alpha value is -1.42. The molecule has 0 aliphatic carbocycles. The molecule has 78 valence electrons. The zero-order valence-corrected chi connectivity index (χ0v) is 9.02. The molecule has 1 N–H and O–H groups in total. The molecule has 1 aromatic carbocycles. The number of tetrazole rings is 1. The van der Waals surface area contributed by atoms with Crippen molar-refractivity contribution in [3.63, 3.8) is 0 Å². The normalized spacial score (nSPS) is 14.8. The molecule has 1 heterocycles. The Morgan fingerprint density at radius 1 is 1.27 bits per heavy atom. The van der Waals surface area contributed by atoms with Crippen LogP contribution in [0.25, 0.3) is 0 Å². The maximum Gasteiger partial charge on any atom is 0.183 e. The van der Waals surface area contributed by atoms with E-state index >= 15 is 0 Å². The summed E-state index contributed by atoms with van der Waals surface area (Å²) >= 11 is 6.15. The predicted octanol–water partition coefficient (Wildman–Crippen LogP) is 1.96. The van der Waals surface area contributed by atoms with E-state index < -0.39 is 0 Å². The number of aromatic amines is 1. The van der Waals surface area contributed by atoms with Crippen LogP contribution in [0.15, 0.2) is 30.3 Å². The van der Waals surface area contributed by atoms with Gasteiger partial charge in [0.25, 0.3) is 0 Å². The molecule has 0 fully saturated rings. The van der Waals surface area contributed by atoms with Gasteiger partial charge < -0.3 is 0 Å². The minimum absolute atomic E-state index is 0.0217. The van der Waals surface area contributed by atoms with Crippen LogP contribution in [0.2, 0.25) is 0 Å². The summed E-state index contributed by atoms with van der Waals surface area (Å²) in [6, 6.07) is 9.94. The molecule has 2 aromatic rings. The van der Waals surface area contributed by atoms with Crippen molar-refractivity contribution in [3.8, 4) is 0 Å². The lowest BCUT2D eigenvalue weighted by Gasteiger charge is -2.15. The number of rotatable bonds is 3. The average Bonchev–Trinajstić information content (AvgIpc) is 2.72. The fourth-order valence-corrected chi connectivity index (χ4v) is 1.84. The summed E-state index contributed by atoms with van der Waals surface area (Å²) in [4.78, 5) is 0. The quantitative estimate of drug-likeness (QED) is 0.808. The summed E-state index contributed by atoms with van der Waals surface area (Å²) in [5.41, 5.74) is 1.10. The van der Waals surface area contributed by atoms with Gasteiger partial charge in [0, 0.05) is 5.38 Å². The van der Waals surface area contributed by atoms with Crippen LogP contribution in [0, 0.1) is 0 Å². The van der Waals surface area contributed by atoms with Crippen LogP contribution < -0.4 is 0 Å². The largest absolute Gasteiger partial charge is 0.183 e. The minimum Gasteiger partial charge on any atom is -0.177 e. The second-order valence-electron chi connectivity index (χ2n) is 3.34. The topological polar surface area (TPSA) is 54.5 Å². The molecule has 0 saturated carbocycles. The van der Waals surface area contributed by atoms with E-state index in [1.54, 1.807) is 0 Å². The van der Waals surface area contributed by atoms with Crippen LogP contribution in [0.3, 0.4) is 0 Å². The summed E-state index contributed by atoms with van der Waals surface area (Å²) in [6.07, 6.45) is 0. The monoisotopic (exact) mass is 222 g/mol. The van der Waals surface area contributed by atoms with Crippen molar-refractivity contribution in [1.29, 1.82) is 0 Å². The number of benzene rings is 1. The highest BCUT2D eigenvalue weighted by Crippen LogP contribution is 2.27. The molecule has 5 heteroatoms. The highest BCUT2D eigenvalue weighted by Gasteiger charge is 2.23. The highest BCUT2D eigenvalue weighted by molar-refractivity contribution is 6.21. The van der Waals surface area contributed by atoms with E-state index in [1.807, 2.05) is 37.3 Å². The van der Waals surface area contributed by atoms with Gasteiger partial charge in [-0.15, -0.1) is 21.8 Å². The van der Waals surface area contributed by atoms with Gasteiger partial charge in [0.1, 0.15) is 0 Å². The van der Waals surface area contributed by atoms with Crippen molar-refractivity contribution < 1.29 is 0 Å². The minimum atomic E-state index is -0.0787. The number of alkyl halides is 1. The molecule has 1 aromatic heterocycles. The van der Waals surface area contributed by atoms with E-state index in [0.717, 1.165) is 5.56 Å². The van der Waals surface area contributed by atoms with Gasteiger partial charge in [-0.05, 0) is 12.5 Å². The van der Waals surface area contributed by atoms with Crippen LogP contribution in [0.1, 0.15) is 24.2 Å². The standard InChI is InChI=1S/C10H11ClN4/c1-7(11)9(10-12-14-15-13-10)8-5-3-2-4-6-8/h2-7,9H,1H3,(H,12,13,14,15). The van der Waals surface area contributed by atoms with Crippen LogP contribution in [0.5, 0.6) is 0 Å². The Balaban J connectivity index is 2.37. The van der Waals surface area contributed by atoms with Crippen LogP contribution in [0.4, 0.5) is 0 Å². The summed E-state index contributed by atoms with van der Waals surface area (Å²) in [6.45, 7) is 1.93. The third kappa shape index (κ3) is 2.15. The van der Waals surface area contributed by atoms with Crippen molar-refractivity contribution in [2.45, 2.75) is 18.2 Å². The number of halogens is 1. The smallest absolute Gasteiger partial charge is 0.177 e. The molecule has 0 spiro atoms. The molecule has 0 saturated heterocycles. The zero-order valence-electron chi connectivity index (χ0n) is 8.26. The SMILES string of the molecule is CC(Cl)C(c1ccccc1)c1nn[nH]n1. The molecule has 2 atom stereocenters. The van der Waals surface area contributed by atoms with E-state index in [-0.39, 0.29) is 11.3 Å². The molecule has 0 amide bonds. The first-order valence-electron chi connectivity index (χ1n) is 4.71. The van der Waals surface area contributed by atoms with Gasteiger partial charge in [-0.1, -0.05) is 35.5 Å². The third-order valence-corrected chi connectivity index (χ3v) is 2.51. The van der Waals surface area contributed by atoms with Gasteiger partial charge >= 0.3 is 0 Å². The summed E-state index contributed by atoms with van der Waals surface area (Å²) < 4.78 is 0. The lowest BCUT2D eigenvalue weighted by atomic mass is 9.95. The highest BCUT2D eigenvalue weighted by atomic mass is 35.5. The number of H-pyrrole nitrogens is 1. The fourth-order valence-electron chi connectivity index (χ4n) is 1.58. The van der Waals surface area contributed by atoms with Gasteiger partial charge in [-0.2, -0.15) is 5.21 Å². The lowest BCUT2D eigenvalue weighted by molar-refractivity contribution is 0.726. The second kappa shape index (κ2) is 4.40. The van der Waals surface area contributed by atoms with Gasteiger partial charge in [-0.3, -0.25) is 0 Å². The number of aromatic nitrogens is 4. The van der Waals surface area contributed by atoms with Crippen LogP contribution in [-0.4, -0.2) is 26.0 Å². The van der Waals surface area contributed by atoms with Crippen molar-refractivity contribution in [2.24, 2.45) is 0 Å². The molecule has 0 aliphatic rings. The summed E-state index contributed by atoms with van der Waals surface area (Å²) in [5, 5.41) is 13.9. The first kappa shape index (κ1) is 10.1. The Morgan fingerprint density at radius 2 is 2.00 bits per heavy atom. The molecule has 4 nitrogen and oxygen atoms in total. The fraction of sp³-hybridized carbons (Fsp3) is 0.300. The van der Waals surface area contributed by atoms with Gasteiger partial charge in [-0.25, -0.2) is 0 Å². The number of hydrogen-bond acceptors (Lipinski definition) is 3. The van der Waals surface area contributed by atoms with E-state index in [2.05, 4.69) is 20.6 Å². The van der Waals surface area contributed by atoms with Crippen molar-refractivity contribution in [2.75, 3.05) is 0 Å². The Kier molecular flexibility index (Phi) is 2.97. The second-order valence-corrected chi connectivity index (χ2v) is 4.02. The molecule has 0 radical (unpaired) electrons. The number of nitrogens with zero attached hydrogens (tertiary/aromatic N) is 3. The Bertz CT molecular complexity index is 399. The van der Waals surface area contributed by atoms with Crippen LogP contribution in [-0.2, 0) is 0 Å². The first-order valence-corrected chi connectivity index (χ1v) is 5.15. The van der Waals surface area contributed by atoms with E-state index in [9.17, 15) is 0 Å². The van der Waals surface area contributed by atoms with E-state index in [1.165, 1.54) is 0 Å². The van der Waals surface area contributed by atoms with Crippen LogP contribution >= 0.6 is 11.6 Å². The molecule has 2 rings (SSSR count). The van der Waals surface area contributed by atoms with Crippen molar-refractivity contribution >= 4 is 11.6 Å². The molecular weight excluding hydrogens is 212 g/mol. The Morgan fingerprint density at radius 3 is 2.53 bits per heavy atom. The van der Waals surface area contributed by atoms with E-state index in [4.69, 9.17) is 11.6 Å². The molecular formula is C10H11ClN4. The number of nitrogens with one attached hydrogen (secondary N) is 1. The van der Waals surface area contributed by atoms with Crippen molar-refractivity contribution in [3.05, 3.63) is 41.7 Å². The zero-order chi connectivity index (χ0) is 10.7. The third-order valence-electron chi connectivity index (χ3n) is 2.26. The maximum absolute atomic E-state index is 6.15. The first-order chi connectivity index (χ1) is 7.29. The lowest BCUT2D eigenvalue weighted by Crippen LogP contribution is -2.12. The average molecular weight is 223 g/mol. The maximum atomic E-state index is 6.15. The molecule has 15 heavy (non-hydrogen) atoms. The molecule has 0 aliphatic heterocycles. The van der Waals surface area contributed by atoms with E-state index in [0.29, 0.717) is 5.82 Å². The summed E-state index contributed by atoms with van der Waals surface area (Å²) in [7, 11) is 0. The summed E-state index contributed by atoms with van der Waals surface area (Å²) in [5.74, 6) is 0.607. The van der Waals surface area contributed by atoms with Gasteiger partial charge in [0.2, 0.25) is 0 Å². The van der Waals surface area contributed by atoms with Gasteiger partial charge in [0.05, 0.1) is 5.92 Å². The Labute approximate surface area is 92.7 Å². The predicted molar refractivity (Wildman–Crippen MR) is 57.8 cm³/mol.